The van der Waals surface area contributed by atoms with Gasteiger partial charge in [-0.3, -0.25) is 4.57 Å². The molecule has 0 aliphatic rings. The van der Waals surface area contributed by atoms with Gasteiger partial charge < -0.3 is 5.73 Å². The van der Waals surface area contributed by atoms with E-state index >= 15 is 0 Å². The molecule has 21 heavy (non-hydrogen) atoms. The molecule has 0 radical (unpaired) electrons. The zero-order chi connectivity index (χ0) is 14.7. The summed E-state index contributed by atoms with van der Waals surface area (Å²) in [6.07, 6.45) is 5.59. The highest BCUT2D eigenvalue weighted by atomic mass is 32.1. The first kappa shape index (κ1) is 14.0. The van der Waals surface area contributed by atoms with E-state index in [-0.39, 0.29) is 6.04 Å². The second-order valence-corrected chi connectivity index (χ2v) is 5.91. The van der Waals surface area contributed by atoms with Crippen LogP contribution in [0.5, 0.6) is 0 Å². The summed E-state index contributed by atoms with van der Waals surface area (Å²) in [4.78, 5) is 10.2. The average Bonchev–Trinajstić information content (AvgIpc) is 3.18. The number of thiophene rings is 1. The van der Waals surface area contributed by atoms with E-state index in [1.807, 2.05) is 29.0 Å². The Morgan fingerprint density at radius 1 is 1.29 bits per heavy atom. The van der Waals surface area contributed by atoms with E-state index in [0.29, 0.717) is 5.95 Å². The molecule has 3 aromatic rings. The molecule has 0 aromatic carbocycles. The SMILES string of the molecule is CCC(N)Cc1cccn1-c1nccc(-c2cccs2)n1. The molecule has 2 N–H and O–H groups in total. The second-order valence-electron chi connectivity index (χ2n) is 4.96. The Labute approximate surface area is 128 Å². The molecule has 0 saturated carbocycles. The molecule has 3 heterocycles. The fraction of sp³-hybridized carbons (Fsp3) is 0.250. The first-order valence-corrected chi connectivity index (χ1v) is 7.95. The summed E-state index contributed by atoms with van der Waals surface area (Å²) in [6.45, 7) is 2.10. The molecule has 0 spiro atoms. The van der Waals surface area contributed by atoms with Crippen molar-refractivity contribution in [3.63, 3.8) is 0 Å². The van der Waals surface area contributed by atoms with Crippen molar-refractivity contribution in [1.82, 2.24) is 14.5 Å². The van der Waals surface area contributed by atoms with Crippen LogP contribution in [-0.2, 0) is 6.42 Å². The Hall–Kier alpha value is -1.98. The van der Waals surface area contributed by atoms with Crippen LogP contribution in [0.3, 0.4) is 0 Å². The lowest BCUT2D eigenvalue weighted by Gasteiger charge is -2.12. The van der Waals surface area contributed by atoms with E-state index in [1.54, 1.807) is 17.5 Å². The van der Waals surface area contributed by atoms with E-state index in [2.05, 4.69) is 34.4 Å². The molecule has 0 fully saturated rings. The highest BCUT2D eigenvalue weighted by Crippen LogP contribution is 2.23. The van der Waals surface area contributed by atoms with Crippen LogP contribution in [0.1, 0.15) is 19.0 Å². The van der Waals surface area contributed by atoms with Gasteiger partial charge in [0.1, 0.15) is 0 Å². The van der Waals surface area contributed by atoms with Gasteiger partial charge in [0, 0.05) is 30.6 Å². The van der Waals surface area contributed by atoms with Gasteiger partial charge in [0.05, 0.1) is 10.6 Å². The summed E-state index contributed by atoms with van der Waals surface area (Å²) in [7, 11) is 0. The predicted octanol–water partition coefficient (Wildman–Crippen LogP) is 3.28. The number of nitrogens with zero attached hydrogens (tertiary/aromatic N) is 3. The summed E-state index contributed by atoms with van der Waals surface area (Å²) in [5.41, 5.74) is 8.16. The number of hydrogen-bond donors (Lipinski definition) is 1. The van der Waals surface area contributed by atoms with Crippen LogP contribution in [0.4, 0.5) is 0 Å². The van der Waals surface area contributed by atoms with Gasteiger partial charge in [-0.1, -0.05) is 13.0 Å². The van der Waals surface area contributed by atoms with Crippen LogP contribution < -0.4 is 5.73 Å². The van der Waals surface area contributed by atoms with E-state index < -0.39 is 0 Å². The minimum Gasteiger partial charge on any atom is -0.327 e. The quantitative estimate of drug-likeness (QED) is 0.786. The molecular weight excluding hydrogens is 280 g/mol. The van der Waals surface area contributed by atoms with Gasteiger partial charge in [-0.2, -0.15) is 0 Å². The Bertz CT molecular complexity index is 703. The molecule has 0 aliphatic heterocycles. The van der Waals surface area contributed by atoms with Crippen molar-refractivity contribution < 1.29 is 0 Å². The molecule has 0 aliphatic carbocycles. The monoisotopic (exact) mass is 298 g/mol. The summed E-state index contributed by atoms with van der Waals surface area (Å²) in [5.74, 6) is 0.698. The molecule has 4 nitrogen and oxygen atoms in total. The van der Waals surface area contributed by atoms with E-state index in [4.69, 9.17) is 5.73 Å². The smallest absolute Gasteiger partial charge is 0.234 e. The number of hydrogen-bond acceptors (Lipinski definition) is 4. The zero-order valence-corrected chi connectivity index (χ0v) is 12.8. The Balaban J connectivity index is 1.94. The van der Waals surface area contributed by atoms with Crippen LogP contribution in [0.25, 0.3) is 16.5 Å². The highest BCUT2D eigenvalue weighted by molar-refractivity contribution is 7.13. The van der Waals surface area contributed by atoms with Crippen molar-refractivity contribution in [2.24, 2.45) is 5.73 Å². The molecule has 1 atom stereocenters. The van der Waals surface area contributed by atoms with Gasteiger partial charge in [-0.05, 0) is 36.1 Å². The molecular formula is C16H18N4S. The topological polar surface area (TPSA) is 56.7 Å². The third-order valence-corrected chi connectivity index (χ3v) is 4.35. The van der Waals surface area contributed by atoms with Crippen LogP contribution in [0.2, 0.25) is 0 Å². The van der Waals surface area contributed by atoms with Crippen molar-refractivity contribution in [2.75, 3.05) is 0 Å². The van der Waals surface area contributed by atoms with Gasteiger partial charge in [0.2, 0.25) is 5.95 Å². The summed E-state index contributed by atoms with van der Waals surface area (Å²) in [6, 6.07) is 10.3. The summed E-state index contributed by atoms with van der Waals surface area (Å²) < 4.78 is 2.02. The fourth-order valence-corrected chi connectivity index (χ4v) is 2.91. The molecule has 3 rings (SSSR count). The van der Waals surface area contributed by atoms with Crippen molar-refractivity contribution in [3.8, 4) is 16.5 Å². The molecule has 0 saturated heterocycles. The molecule has 0 amide bonds. The van der Waals surface area contributed by atoms with Gasteiger partial charge in [-0.15, -0.1) is 11.3 Å². The van der Waals surface area contributed by atoms with Crippen LogP contribution in [0, 0.1) is 0 Å². The minimum atomic E-state index is 0.166. The maximum absolute atomic E-state index is 6.07. The van der Waals surface area contributed by atoms with Crippen molar-refractivity contribution in [1.29, 1.82) is 0 Å². The molecule has 3 aromatic heterocycles. The average molecular weight is 298 g/mol. The lowest BCUT2D eigenvalue weighted by atomic mass is 10.1. The second kappa shape index (κ2) is 6.20. The predicted molar refractivity (Wildman–Crippen MR) is 86.6 cm³/mol. The van der Waals surface area contributed by atoms with Gasteiger partial charge in [0.15, 0.2) is 0 Å². The van der Waals surface area contributed by atoms with Crippen molar-refractivity contribution in [3.05, 3.63) is 53.8 Å². The standard InChI is InChI=1S/C16H18N4S/c1-2-12(17)11-13-5-3-9-20(13)16-18-8-7-14(19-16)15-6-4-10-21-15/h3-10,12H,2,11,17H2,1H3. The third-order valence-electron chi connectivity index (χ3n) is 3.46. The van der Waals surface area contributed by atoms with E-state index in [0.717, 1.165) is 29.1 Å². The molecule has 0 bridgehead atoms. The van der Waals surface area contributed by atoms with E-state index in [1.165, 1.54) is 0 Å². The summed E-state index contributed by atoms with van der Waals surface area (Å²) >= 11 is 1.68. The minimum absolute atomic E-state index is 0.166. The van der Waals surface area contributed by atoms with Crippen molar-refractivity contribution in [2.45, 2.75) is 25.8 Å². The fourth-order valence-electron chi connectivity index (χ4n) is 2.22. The summed E-state index contributed by atoms with van der Waals surface area (Å²) in [5, 5.41) is 2.05. The van der Waals surface area contributed by atoms with Gasteiger partial charge in [0.25, 0.3) is 0 Å². The first-order valence-electron chi connectivity index (χ1n) is 7.07. The number of aromatic nitrogens is 3. The Morgan fingerprint density at radius 2 is 2.19 bits per heavy atom. The normalized spacial score (nSPS) is 12.5. The number of rotatable bonds is 5. The molecule has 108 valence electrons. The Morgan fingerprint density at radius 3 is 2.95 bits per heavy atom. The van der Waals surface area contributed by atoms with Crippen LogP contribution in [0.15, 0.2) is 48.1 Å². The maximum atomic E-state index is 6.07. The number of nitrogens with two attached hydrogens (primary N) is 1. The van der Waals surface area contributed by atoms with Gasteiger partial charge in [-0.25, -0.2) is 9.97 Å². The lowest BCUT2D eigenvalue weighted by Crippen LogP contribution is -2.23. The lowest BCUT2D eigenvalue weighted by molar-refractivity contribution is 0.627. The maximum Gasteiger partial charge on any atom is 0.234 e. The molecule has 5 heteroatoms. The van der Waals surface area contributed by atoms with E-state index in [9.17, 15) is 0 Å². The Kier molecular flexibility index (Phi) is 4.13. The van der Waals surface area contributed by atoms with Crippen molar-refractivity contribution >= 4 is 11.3 Å². The largest absolute Gasteiger partial charge is 0.327 e. The van der Waals surface area contributed by atoms with Crippen LogP contribution >= 0.6 is 11.3 Å². The van der Waals surface area contributed by atoms with Gasteiger partial charge >= 0.3 is 0 Å². The first-order chi connectivity index (χ1) is 10.3. The molecule has 1 unspecified atom stereocenters. The third kappa shape index (κ3) is 3.04. The highest BCUT2D eigenvalue weighted by Gasteiger charge is 2.10. The van der Waals surface area contributed by atoms with Crippen LogP contribution in [-0.4, -0.2) is 20.6 Å². The zero-order valence-electron chi connectivity index (χ0n) is 11.9.